The van der Waals surface area contributed by atoms with Gasteiger partial charge in [-0.05, 0) is 31.0 Å². The van der Waals surface area contributed by atoms with E-state index in [1.807, 2.05) is 0 Å². The van der Waals surface area contributed by atoms with Gasteiger partial charge >= 0.3 is 0 Å². The Balaban J connectivity index is 0.00000180. The van der Waals surface area contributed by atoms with Gasteiger partial charge in [0.15, 0.2) is 0 Å². The second-order valence-corrected chi connectivity index (χ2v) is 6.67. The lowest BCUT2D eigenvalue weighted by molar-refractivity contribution is 0.428. The maximum Gasteiger partial charge on any atom is 0.216 e. The number of piperidine rings is 1. The topological polar surface area (TPSA) is 58.2 Å². The van der Waals surface area contributed by atoms with Crippen LogP contribution in [0.4, 0.5) is 0 Å². The number of nitrogens with one attached hydrogen (secondary N) is 2. The Morgan fingerprint density at radius 2 is 2.11 bits per heavy atom. The molecule has 0 spiro atoms. The summed E-state index contributed by atoms with van der Waals surface area (Å²) in [4.78, 5) is 0. The van der Waals surface area contributed by atoms with Crippen LogP contribution in [0.5, 0.6) is 0 Å². The van der Waals surface area contributed by atoms with Crippen molar-refractivity contribution in [3.8, 4) is 0 Å². The zero-order chi connectivity index (χ0) is 13.0. The normalized spacial score (nSPS) is 19.7. The zero-order valence-corrected chi connectivity index (χ0v) is 12.8. The van der Waals surface area contributed by atoms with E-state index in [-0.39, 0.29) is 24.2 Å². The molecule has 2 N–H and O–H groups in total. The largest absolute Gasteiger partial charge is 0.315 e. The first-order chi connectivity index (χ1) is 8.57. The number of sulfonamides is 1. The Kier molecular flexibility index (Phi) is 6.56. The predicted molar refractivity (Wildman–Crippen MR) is 80.4 cm³/mol. The summed E-state index contributed by atoms with van der Waals surface area (Å²) in [6.45, 7) is 1.66. The van der Waals surface area contributed by atoms with E-state index in [2.05, 4.69) is 10.0 Å². The fourth-order valence-corrected chi connectivity index (χ4v) is 3.80. The molecule has 0 aromatic heterocycles. The van der Waals surface area contributed by atoms with Crippen molar-refractivity contribution in [1.29, 1.82) is 0 Å². The number of hydrogen-bond donors (Lipinski definition) is 2. The Morgan fingerprint density at radius 3 is 2.74 bits per heavy atom. The molecule has 108 valence electrons. The highest BCUT2D eigenvalue weighted by atomic mass is 35.5. The fourth-order valence-electron chi connectivity index (χ4n) is 2.07. The van der Waals surface area contributed by atoms with Crippen molar-refractivity contribution >= 4 is 34.0 Å². The van der Waals surface area contributed by atoms with Gasteiger partial charge in [-0.25, -0.2) is 13.1 Å². The lowest BCUT2D eigenvalue weighted by atomic mass is 10.1. The van der Waals surface area contributed by atoms with Crippen molar-refractivity contribution in [3.63, 3.8) is 0 Å². The van der Waals surface area contributed by atoms with Gasteiger partial charge in [0.25, 0.3) is 0 Å². The van der Waals surface area contributed by atoms with Crippen LogP contribution in [0.15, 0.2) is 24.3 Å². The van der Waals surface area contributed by atoms with Gasteiger partial charge in [0.05, 0.1) is 5.75 Å². The Bertz CT molecular complexity index is 502. The molecule has 0 aliphatic carbocycles. The van der Waals surface area contributed by atoms with Crippen molar-refractivity contribution in [1.82, 2.24) is 10.0 Å². The zero-order valence-electron chi connectivity index (χ0n) is 10.4. The molecule has 1 aliphatic heterocycles. The van der Waals surface area contributed by atoms with Crippen molar-refractivity contribution in [2.45, 2.75) is 24.6 Å². The lowest BCUT2D eigenvalue weighted by Crippen LogP contribution is -2.45. The molecule has 1 unspecified atom stereocenters. The first-order valence-corrected chi connectivity index (χ1v) is 8.04. The first-order valence-electron chi connectivity index (χ1n) is 6.01. The van der Waals surface area contributed by atoms with Crippen LogP contribution >= 0.6 is 24.0 Å². The molecule has 2 rings (SSSR count). The van der Waals surface area contributed by atoms with Crippen LogP contribution in [0.3, 0.4) is 0 Å². The third-order valence-corrected chi connectivity index (χ3v) is 4.70. The van der Waals surface area contributed by atoms with Crippen molar-refractivity contribution in [3.05, 3.63) is 34.9 Å². The molecule has 19 heavy (non-hydrogen) atoms. The van der Waals surface area contributed by atoms with E-state index >= 15 is 0 Å². The molecule has 0 radical (unpaired) electrons. The summed E-state index contributed by atoms with van der Waals surface area (Å²) in [5, 5.41) is 3.67. The SMILES string of the molecule is Cl.O=S(=O)(Cc1ccccc1Cl)NC1CCCNC1. The van der Waals surface area contributed by atoms with Gasteiger partial charge in [-0.15, -0.1) is 12.4 Å². The van der Waals surface area contributed by atoms with Crippen LogP contribution in [0.25, 0.3) is 0 Å². The minimum Gasteiger partial charge on any atom is -0.315 e. The highest BCUT2D eigenvalue weighted by molar-refractivity contribution is 7.88. The molecule has 1 aromatic rings. The van der Waals surface area contributed by atoms with Crippen LogP contribution in [0, 0.1) is 0 Å². The summed E-state index contributed by atoms with van der Waals surface area (Å²) >= 11 is 5.97. The summed E-state index contributed by atoms with van der Waals surface area (Å²) in [5.74, 6) is -0.0663. The number of hydrogen-bond acceptors (Lipinski definition) is 3. The highest BCUT2D eigenvalue weighted by Gasteiger charge is 2.20. The smallest absolute Gasteiger partial charge is 0.216 e. The quantitative estimate of drug-likeness (QED) is 0.889. The van der Waals surface area contributed by atoms with E-state index in [4.69, 9.17) is 11.6 Å². The third kappa shape index (κ3) is 5.28. The van der Waals surface area contributed by atoms with E-state index < -0.39 is 10.0 Å². The van der Waals surface area contributed by atoms with E-state index in [1.54, 1.807) is 24.3 Å². The molecule has 0 saturated carbocycles. The summed E-state index contributed by atoms with van der Waals surface area (Å²) in [5.41, 5.74) is 0.635. The van der Waals surface area contributed by atoms with Gasteiger partial charge in [0.2, 0.25) is 10.0 Å². The van der Waals surface area contributed by atoms with E-state index in [9.17, 15) is 8.42 Å². The Hall–Kier alpha value is -0.330. The van der Waals surface area contributed by atoms with Gasteiger partial charge in [0.1, 0.15) is 0 Å². The number of halogens is 2. The minimum atomic E-state index is -3.33. The van der Waals surface area contributed by atoms with Gasteiger partial charge in [-0.1, -0.05) is 29.8 Å². The van der Waals surface area contributed by atoms with E-state index in [0.717, 1.165) is 19.4 Å². The summed E-state index contributed by atoms with van der Waals surface area (Å²) < 4.78 is 26.8. The summed E-state index contributed by atoms with van der Waals surface area (Å²) in [6, 6.07) is 7.01. The molecular formula is C12H18Cl2N2O2S. The van der Waals surface area contributed by atoms with Crippen molar-refractivity contribution in [2.75, 3.05) is 13.1 Å². The Morgan fingerprint density at radius 1 is 1.37 bits per heavy atom. The van der Waals surface area contributed by atoms with Crippen molar-refractivity contribution < 1.29 is 8.42 Å². The highest BCUT2D eigenvalue weighted by Crippen LogP contribution is 2.17. The summed E-state index contributed by atoms with van der Waals surface area (Å²) in [6.07, 6.45) is 1.88. The van der Waals surface area contributed by atoms with Gasteiger partial charge < -0.3 is 5.32 Å². The molecule has 1 aromatic carbocycles. The summed E-state index contributed by atoms with van der Waals surface area (Å²) in [7, 11) is -3.33. The van der Waals surface area contributed by atoms with Crippen LogP contribution < -0.4 is 10.0 Å². The lowest BCUT2D eigenvalue weighted by Gasteiger charge is -2.23. The maximum atomic E-state index is 12.0. The molecule has 0 amide bonds. The van der Waals surface area contributed by atoms with Crippen LogP contribution in [-0.2, 0) is 15.8 Å². The number of rotatable bonds is 4. The maximum absolute atomic E-state index is 12.0. The van der Waals surface area contributed by atoms with Crippen LogP contribution in [0.2, 0.25) is 5.02 Å². The molecule has 4 nitrogen and oxygen atoms in total. The van der Waals surface area contributed by atoms with Crippen LogP contribution in [0.1, 0.15) is 18.4 Å². The molecular weight excluding hydrogens is 307 g/mol. The first kappa shape index (κ1) is 16.7. The molecule has 1 aliphatic rings. The molecule has 0 bridgehead atoms. The van der Waals surface area contributed by atoms with Gasteiger partial charge in [0, 0.05) is 17.6 Å². The van der Waals surface area contributed by atoms with E-state index in [0.29, 0.717) is 17.1 Å². The third-order valence-electron chi connectivity index (χ3n) is 2.95. The van der Waals surface area contributed by atoms with E-state index in [1.165, 1.54) is 0 Å². The second kappa shape index (κ2) is 7.45. The Labute approximate surface area is 125 Å². The molecule has 7 heteroatoms. The average molecular weight is 325 g/mol. The molecule has 1 saturated heterocycles. The molecule has 1 fully saturated rings. The second-order valence-electron chi connectivity index (χ2n) is 4.51. The minimum absolute atomic E-state index is 0. The molecule has 1 atom stereocenters. The average Bonchev–Trinajstić information content (AvgIpc) is 2.32. The monoisotopic (exact) mass is 324 g/mol. The van der Waals surface area contributed by atoms with Gasteiger partial charge in [-0.3, -0.25) is 0 Å². The van der Waals surface area contributed by atoms with Crippen LogP contribution in [-0.4, -0.2) is 27.5 Å². The fraction of sp³-hybridized carbons (Fsp3) is 0.500. The number of benzene rings is 1. The molecule has 1 heterocycles. The standard InChI is InChI=1S/C12H17ClN2O2S.ClH/c13-12-6-2-1-4-10(12)9-18(16,17)15-11-5-3-7-14-8-11;/h1-2,4,6,11,14-15H,3,5,7-9H2;1H. The van der Waals surface area contributed by atoms with Gasteiger partial charge in [-0.2, -0.15) is 0 Å². The van der Waals surface area contributed by atoms with Crippen molar-refractivity contribution in [2.24, 2.45) is 0 Å². The predicted octanol–water partition coefficient (Wildman–Crippen LogP) is 1.93.